The van der Waals surface area contributed by atoms with Gasteiger partial charge in [0.05, 0.1) is 17.3 Å². The van der Waals surface area contributed by atoms with E-state index in [9.17, 15) is 4.79 Å². The summed E-state index contributed by atoms with van der Waals surface area (Å²) in [6.45, 7) is 2.58. The van der Waals surface area contributed by atoms with Crippen LogP contribution in [0.3, 0.4) is 0 Å². The van der Waals surface area contributed by atoms with Crippen LogP contribution in [0.25, 0.3) is 0 Å². The van der Waals surface area contributed by atoms with Gasteiger partial charge < -0.3 is 15.4 Å². The Labute approximate surface area is 132 Å². The maximum atomic E-state index is 12.2. The summed E-state index contributed by atoms with van der Waals surface area (Å²) in [5.41, 5.74) is 6.26. The van der Waals surface area contributed by atoms with Gasteiger partial charge in [-0.05, 0) is 19.1 Å². The van der Waals surface area contributed by atoms with Crippen LogP contribution < -0.4 is 10.5 Å². The lowest BCUT2D eigenvalue weighted by Crippen LogP contribution is -2.30. The smallest absolute Gasteiger partial charge is 0.265 e. The van der Waals surface area contributed by atoms with Gasteiger partial charge in [0.1, 0.15) is 17.2 Å². The number of ether oxygens (including phenoxy) is 1. The maximum absolute atomic E-state index is 12.2. The van der Waals surface area contributed by atoms with Crippen molar-refractivity contribution in [2.24, 2.45) is 0 Å². The Morgan fingerprint density at radius 2 is 2.19 bits per heavy atom. The quantitative estimate of drug-likeness (QED) is 0.917. The third-order valence-electron chi connectivity index (χ3n) is 2.87. The van der Waals surface area contributed by atoms with Crippen molar-refractivity contribution >= 4 is 34.0 Å². The van der Waals surface area contributed by atoms with E-state index in [4.69, 9.17) is 22.1 Å². The predicted octanol–water partition coefficient (Wildman–Crippen LogP) is 2.84. The number of hydrogen-bond donors (Lipinski definition) is 1. The van der Waals surface area contributed by atoms with E-state index < -0.39 is 0 Å². The second kappa shape index (κ2) is 6.78. The number of aromatic nitrogens is 1. The van der Waals surface area contributed by atoms with Crippen LogP contribution in [0.4, 0.5) is 5.13 Å². The number of nitrogen functional groups attached to an aromatic ring is 1. The van der Waals surface area contributed by atoms with Crippen molar-refractivity contribution in [3.8, 4) is 5.75 Å². The lowest BCUT2D eigenvalue weighted by molar-refractivity contribution is 0.0777. The molecule has 0 aliphatic carbocycles. The van der Waals surface area contributed by atoms with Gasteiger partial charge in [-0.1, -0.05) is 35.1 Å². The molecule has 112 valence electrons. The lowest BCUT2D eigenvalue weighted by atomic mass is 10.3. The first-order valence-electron chi connectivity index (χ1n) is 6.34. The summed E-state index contributed by atoms with van der Waals surface area (Å²) in [6, 6.07) is 7.23. The number of hydrogen-bond acceptors (Lipinski definition) is 5. The van der Waals surface area contributed by atoms with Gasteiger partial charge in [0, 0.05) is 7.05 Å². The molecule has 0 unspecified atom stereocenters. The third-order valence-corrected chi connectivity index (χ3v) is 4.16. The summed E-state index contributed by atoms with van der Waals surface area (Å²) in [6.07, 6.45) is 0. The van der Waals surface area contributed by atoms with Crippen molar-refractivity contribution in [2.75, 3.05) is 25.9 Å². The average Bonchev–Trinajstić information content (AvgIpc) is 2.79. The molecule has 0 aliphatic heterocycles. The number of halogens is 1. The number of para-hydroxylation sites is 1. The second-order valence-electron chi connectivity index (χ2n) is 4.47. The molecule has 2 rings (SSSR count). The van der Waals surface area contributed by atoms with E-state index in [1.165, 1.54) is 11.3 Å². The Bertz CT molecular complexity index is 645. The summed E-state index contributed by atoms with van der Waals surface area (Å²) in [5, 5.41) is 0.953. The molecule has 0 aliphatic rings. The molecule has 1 heterocycles. The fraction of sp³-hybridized carbons (Fsp3) is 0.286. The highest BCUT2D eigenvalue weighted by Gasteiger charge is 2.18. The number of carbonyl (C=O) groups excluding carboxylic acids is 1. The summed E-state index contributed by atoms with van der Waals surface area (Å²) in [7, 11) is 1.72. The van der Waals surface area contributed by atoms with Crippen molar-refractivity contribution in [3.63, 3.8) is 0 Å². The van der Waals surface area contributed by atoms with Crippen LogP contribution in [-0.2, 0) is 0 Å². The number of carbonyl (C=O) groups is 1. The highest BCUT2D eigenvalue weighted by atomic mass is 35.5. The molecule has 1 aromatic heterocycles. The zero-order valence-electron chi connectivity index (χ0n) is 11.8. The molecule has 21 heavy (non-hydrogen) atoms. The average molecular weight is 326 g/mol. The fourth-order valence-electron chi connectivity index (χ4n) is 1.74. The van der Waals surface area contributed by atoms with Crippen LogP contribution in [-0.4, -0.2) is 36.0 Å². The molecule has 0 saturated carbocycles. The van der Waals surface area contributed by atoms with Gasteiger partial charge in [0.25, 0.3) is 5.91 Å². The minimum Gasteiger partial charge on any atom is -0.490 e. The monoisotopic (exact) mass is 325 g/mol. The highest BCUT2D eigenvalue weighted by Crippen LogP contribution is 2.23. The lowest BCUT2D eigenvalue weighted by Gasteiger charge is -2.17. The largest absolute Gasteiger partial charge is 0.490 e. The molecule has 2 N–H and O–H groups in total. The number of benzene rings is 1. The molecule has 0 bridgehead atoms. The van der Waals surface area contributed by atoms with Crippen molar-refractivity contribution in [1.29, 1.82) is 0 Å². The number of rotatable bonds is 5. The Kier molecular flexibility index (Phi) is 5.03. The summed E-state index contributed by atoms with van der Waals surface area (Å²) < 4.78 is 5.57. The Morgan fingerprint density at radius 1 is 1.48 bits per heavy atom. The normalized spacial score (nSPS) is 10.4. The minimum atomic E-state index is -0.107. The first-order chi connectivity index (χ1) is 9.99. The number of aryl methyl sites for hydroxylation is 1. The summed E-state index contributed by atoms with van der Waals surface area (Å²) in [5.74, 6) is 0.502. The van der Waals surface area contributed by atoms with E-state index in [0.29, 0.717) is 39.6 Å². The first-order valence-corrected chi connectivity index (χ1v) is 7.54. The molecule has 7 heteroatoms. The fourth-order valence-corrected chi connectivity index (χ4v) is 2.76. The van der Waals surface area contributed by atoms with Gasteiger partial charge in [-0.2, -0.15) is 0 Å². The molecule has 1 aromatic carbocycles. The number of anilines is 1. The first kappa shape index (κ1) is 15.6. The Balaban J connectivity index is 1.90. The predicted molar refractivity (Wildman–Crippen MR) is 85.2 cm³/mol. The SMILES string of the molecule is Cc1nc(N)sc1C(=O)N(C)CCOc1ccccc1Cl. The van der Waals surface area contributed by atoms with Crippen LogP contribution >= 0.6 is 22.9 Å². The second-order valence-corrected chi connectivity index (χ2v) is 5.91. The van der Waals surface area contributed by atoms with E-state index in [1.807, 2.05) is 12.1 Å². The van der Waals surface area contributed by atoms with Gasteiger partial charge in [-0.15, -0.1) is 0 Å². The number of nitrogens with two attached hydrogens (primary N) is 1. The van der Waals surface area contributed by atoms with Gasteiger partial charge in [0.2, 0.25) is 0 Å². The zero-order chi connectivity index (χ0) is 15.4. The molecule has 5 nitrogen and oxygen atoms in total. The van der Waals surface area contributed by atoms with Crippen LogP contribution in [0.15, 0.2) is 24.3 Å². The molecule has 2 aromatic rings. The molecule has 0 fully saturated rings. The number of nitrogens with zero attached hydrogens (tertiary/aromatic N) is 2. The molecule has 0 saturated heterocycles. The molecule has 0 spiro atoms. The molecule has 1 amide bonds. The van der Waals surface area contributed by atoms with Crippen molar-refractivity contribution in [2.45, 2.75) is 6.92 Å². The van der Waals surface area contributed by atoms with Crippen LogP contribution in [0.5, 0.6) is 5.75 Å². The standard InChI is InChI=1S/C14H16ClN3O2S/c1-9-12(21-14(16)17-9)13(19)18(2)7-8-20-11-6-4-3-5-10(11)15/h3-6H,7-8H2,1-2H3,(H2,16,17). The maximum Gasteiger partial charge on any atom is 0.265 e. The molecule has 0 radical (unpaired) electrons. The van der Waals surface area contributed by atoms with E-state index >= 15 is 0 Å². The van der Waals surface area contributed by atoms with Gasteiger partial charge in [-0.3, -0.25) is 4.79 Å². The van der Waals surface area contributed by atoms with Gasteiger partial charge >= 0.3 is 0 Å². The van der Waals surface area contributed by atoms with E-state index in [1.54, 1.807) is 31.0 Å². The topological polar surface area (TPSA) is 68.5 Å². The van der Waals surface area contributed by atoms with Gasteiger partial charge in [0.15, 0.2) is 5.13 Å². The Morgan fingerprint density at radius 3 is 2.81 bits per heavy atom. The molecular formula is C14H16ClN3O2S. The van der Waals surface area contributed by atoms with E-state index in [2.05, 4.69) is 4.98 Å². The number of thiazole rings is 1. The molecule has 0 atom stereocenters. The third kappa shape index (κ3) is 3.86. The van der Waals surface area contributed by atoms with E-state index in [0.717, 1.165) is 0 Å². The zero-order valence-corrected chi connectivity index (χ0v) is 13.4. The van der Waals surface area contributed by atoms with Crippen LogP contribution in [0.2, 0.25) is 5.02 Å². The highest BCUT2D eigenvalue weighted by molar-refractivity contribution is 7.17. The minimum absolute atomic E-state index is 0.107. The van der Waals surface area contributed by atoms with E-state index in [-0.39, 0.29) is 5.91 Å². The summed E-state index contributed by atoms with van der Waals surface area (Å²) in [4.78, 5) is 18.4. The van der Waals surface area contributed by atoms with Crippen LogP contribution in [0.1, 0.15) is 15.4 Å². The van der Waals surface area contributed by atoms with Crippen LogP contribution in [0, 0.1) is 6.92 Å². The molecular weight excluding hydrogens is 310 g/mol. The van der Waals surface area contributed by atoms with Crippen molar-refractivity contribution in [3.05, 3.63) is 39.9 Å². The Hall–Kier alpha value is -1.79. The van der Waals surface area contributed by atoms with Crippen molar-refractivity contribution in [1.82, 2.24) is 9.88 Å². The number of amides is 1. The van der Waals surface area contributed by atoms with Crippen molar-refractivity contribution < 1.29 is 9.53 Å². The van der Waals surface area contributed by atoms with Gasteiger partial charge in [-0.25, -0.2) is 4.98 Å². The summed E-state index contributed by atoms with van der Waals surface area (Å²) >= 11 is 7.19. The number of likely N-dealkylation sites (N-methyl/N-ethyl adjacent to an activating group) is 1.